The molecule has 0 saturated carbocycles. The number of hydrogen-bond donors (Lipinski definition) is 1. The normalized spacial score (nSPS) is 23.1. The van der Waals surface area contributed by atoms with Crippen LogP contribution < -0.4 is 5.32 Å². The quantitative estimate of drug-likeness (QED) is 0.576. The molecule has 2 heteroatoms. The third-order valence-electron chi connectivity index (χ3n) is 2.27. The van der Waals surface area contributed by atoms with Crippen molar-refractivity contribution in [2.45, 2.75) is 32.3 Å². The van der Waals surface area contributed by atoms with Gasteiger partial charge in [-0.1, -0.05) is 0 Å². The molecule has 1 N–H and O–H groups in total. The van der Waals surface area contributed by atoms with Crippen LogP contribution in [0.4, 0.5) is 0 Å². The van der Waals surface area contributed by atoms with E-state index < -0.39 is 5.60 Å². The molecule has 1 aliphatic heterocycles. The summed E-state index contributed by atoms with van der Waals surface area (Å²) in [6.07, 6.45) is 2.12. The van der Waals surface area contributed by atoms with E-state index >= 15 is 0 Å². The Balaban J connectivity index is 2.39. The minimum Gasteiger partial charge on any atom is -0.390 e. The summed E-state index contributed by atoms with van der Waals surface area (Å²) in [7, 11) is 0. The lowest BCUT2D eigenvalue weighted by molar-refractivity contribution is 0.00348. The van der Waals surface area contributed by atoms with E-state index in [1.807, 2.05) is 13.8 Å². The summed E-state index contributed by atoms with van der Waals surface area (Å²) in [5, 5.41) is 13.8. The molecule has 1 saturated heterocycles. The van der Waals surface area contributed by atoms with E-state index in [9.17, 15) is 5.11 Å². The van der Waals surface area contributed by atoms with Gasteiger partial charge in [0, 0.05) is 13.1 Å². The molecule has 10 heavy (non-hydrogen) atoms. The summed E-state index contributed by atoms with van der Waals surface area (Å²) in [6, 6.07) is 0. The van der Waals surface area contributed by atoms with E-state index in [0.29, 0.717) is 5.92 Å². The number of rotatable bonds is 1. The van der Waals surface area contributed by atoms with Gasteiger partial charge in [-0.05, 0) is 32.6 Å². The van der Waals surface area contributed by atoms with Gasteiger partial charge in [0.15, 0.2) is 0 Å². The fourth-order valence-corrected chi connectivity index (χ4v) is 1.46. The molecule has 0 aliphatic carbocycles. The fourth-order valence-electron chi connectivity index (χ4n) is 1.46. The van der Waals surface area contributed by atoms with Crippen LogP contribution in [-0.4, -0.2) is 23.8 Å². The molecule has 0 amide bonds. The van der Waals surface area contributed by atoms with Gasteiger partial charge in [-0.15, -0.1) is 0 Å². The highest BCUT2D eigenvalue weighted by atomic mass is 16.3. The first-order valence-corrected chi connectivity index (χ1v) is 3.96. The van der Waals surface area contributed by atoms with Crippen molar-refractivity contribution < 1.29 is 5.11 Å². The molecule has 0 aromatic heterocycles. The molecule has 1 rings (SSSR count). The Labute approximate surface area is 62.6 Å². The van der Waals surface area contributed by atoms with E-state index in [-0.39, 0.29) is 0 Å². The van der Waals surface area contributed by atoms with Crippen LogP contribution in [0.1, 0.15) is 26.7 Å². The van der Waals surface area contributed by atoms with E-state index in [1.54, 1.807) is 0 Å². The largest absolute Gasteiger partial charge is 0.390 e. The van der Waals surface area contributed by atoms with Crippen LogP contribution in [0, 0.1) is 5.92 Å². The molecule has 59 valence electrons. The number of nitrogens with zero attached hydrogens (tertiary/aromatic N) is 1. The lowest BCUT2D eigenvalue weighted by Gasteiger charge is -2.32. The lowest BCUT2D eigenvalue weighted by atomic mass is 9.84. The number of hydrogen-bond acceptors (Lipinski definition) is 1. The standard InChI is InChI=1S/C8H16NO/c1-8(2,10)7-3-5-9-6-4-7/h7,10H,3-6H2,1-2H3. The zero-order chi connectivity index (χ0) is 7.61. The third kappa shape index (κ3) is 1.96. The van der Waals surface area contributed by atoms with Crippen LogP contribution in [0.15, 0.2) is 0 Å². The maximum Gasteiger partial charge on any atom is 0.0620 e. The zero-order valence-electron chi connectivity index (χ0n) is 6.80. The molecular formula is C8H16NO. The Morgan fingerprint density at radius 2 is 1.80 bits per heavy atom. The molecule has 0 bridgehead atoms. The third-order valence-corrected chi connectivity index (χ3v) is 2.27. The summed E-state index contributed by atoms with van der Waals surface area (Å²) in [4.78, 5) is 0. The van der Waals surface area contributed by atoms with E-state index in [4.69, 9.17) is 0 Å². The monoisotopic (exact) mass is 142 g/mol. The SMILES string of the molecule is CC(C)(O)C1CC[N]CC1. The highest BCUT2D eigenvalue weighted by Crippen LogP contribution is 2.24. The fraction of sp³-hybridized carbons (Fsp3) is 1.00. The summed E-state index contributed by atoms with van der Waals surface area (Å²) in [5.74, 6) is 0.463. The Morgan fingerprint density at radius 1 is 1.30 bits per heavy atom. The van der Waals surface area contributed by atoms with Gasteiger partial charge in [0.2, 0.25) is 0 Å². The second-order valence-electron chi connectivity index (χ2n) is 3.60. The predicted molar refractivity (Wildman–Crippen MR) is 40.9 cm³/mol. The number of piperidine rings is 1. The highest BCUT2D eigenvalue weighted by Gasteiger charge is 2.27. The van der Waals surface area contributed by atoms with Crippen LogP contribution in [-0.2, 0) is 0 Å². The van der Waals surface area contributed by atoms with Crippen LogP contribution >= 0.6 is 0 Å². The Hall–Kier alpha value is -0.0800. The van der Waals surface area contributed by atoms with Gasteiger partial charge in [0.1, 0.15) is 0 Å². The molecule has 1 heterocycles. The van der Waals surface area contributed by atoms with E-state index in [1.165, 1.54) is 0 Å². The molecule has 0 unspecified atom stereocenters. The van der Waals surface area contributed by atoms with E-state index in [2.05, 4.69) is 5.32 Å². The van der Waals surface area contributed by atoms with Gasteiger partial charge in [0.05, 0.1) is 5.60 Å². The van der Waals surface area contributed by atoms with Crippen molar-refractivity contribution in [1.82, 2.24) is 5.32 Å². The second-order valence-corrected chi connectivity index (χ2v) is 3.60. The molecule has 1 fully saturated rings. The second kappa shape index (κ2) is 2.89. The summed E-state index contributed by atoms with van der Waals surface area (Å²) in [5.41, 5.74) is -0.490. The van der Waals surface area contributed by atoms with Gasteiger partial charge >= 0.3 is 0 Å². The van der Waals surface area contributed by atoms with Crippen LogP contribution in [0.5, 0.6) is 0 Å². The predicted octanol–water partition coefficient (Wildman–Crippen LogP) is 0.772. The first kappa shape index (κ1) is 8.02. The highest BCUT2D eigenvalue weighted by molar-refractivity contribution is 4.81. The first-order chi connectivity index (χ1) is 4.61. The Morgan fingerprint density at radius 3 is 2.10 bits per heavy atom. The summed E-state index contributed by atoms with van der Waals surface area (Å²) < 4.78 is 0. The topological polar surface area (TPSA) is 34.3 Å². The summed E-state index contributed by atoms with van der Waals surface area (Å²) >= 11 is 0. The molecule has 2 nitrogen and oxygen atoms in total. The molecule has 0 atom stereocenters. The van der Waals surface area contributed by atoms with Crippen LogP contribution in [0.25, 0.3) is 0 Å². The van der Waals surface area contributed by atoms with Crippen molar-refractivity contribution in [2.24, 2.45) is 5.92 Å². The van der Waals surface area contributed by atoms with Crippen molar-refractivity contribution in [3.8, 4) is 0 Å². The van der Waals surface area contributed by atoms with Crippen molar-refractivity contribution in [3.05, 3.63) is 0 Å². The van der Waals surface area contributed by atoms with Gasteiger partial charge in [-0.3, -0.25) is 0 Å². The molecule has 0 spiro atoms. The van der Waals surface area contributed by atoms with Gasteiger partial charge in [-0.25, -0.2) is 5.32 Å². The van der Waals surface area contributed by atoms with Crippen molar-refractivity contribution in [3.63, 3.8) is 0 Å². The van der Waals surface area contributed by atoms with Crippen molar-refractivity contribution >= 4 is 0 Å². The first-order valence-electron chi connectivity index (χ1n) is 3.96. The Bertz CT molecular complexity index is 100. The van der Waals surface area contributed by atoms with Crippen LogP contribution in [0.2, 0.25) is 0 Å². The van der Waals surface area contributed by atoms with Crippen molar-refractivity contribution in [1.29, 1.82) is 0 Å². The minimum atomic E-state index is -0.490. The molecule has 0 aromatic carbocycles. The van der Waals surface area contributed by atoms with E-state index in [0.717, 1.165) is 25.9 Å². The molecule has 1 aliphatic rings. The van der Waals surface area contributed by atoms with Gasteiger partial charge in [-0.2, -0.15) is 0 Å². The van der Waals surface area contributed by atoms with Gasteiger partial charge < -0.3 is 5.11 Å². The van der Waals surface area contributed by atoms with Crippen molar-refractivity contribution in [2.75, 3.05) is 13.1 Å². The zero-order valence-corrected chi connectivity index (χ0v) is 6.80. The van der Waals surface area contributed by atoms with Crippen LogP contribution in [0.3, 0.4) is 0 Å². The number of aliphatic hydroxyl groups is 1. The molecule has 0 aromatic rings. The average molecular weight is 142 g/mol. The smallest absolute Gasteiger partial charge is 0.0620 e. The minimum absolute atomic E-state index is 0.463. The maximum atomic E-state index is 9.60. The molecule has 1 radical (unpaired) electrons. The lowest BCUT2D eigenvalue weighted by Crippen LogP contribution is -2.37. The van der Waals surface area contributed by atoms with Gasteiger partial charge in [0.25, 0.3) is 0 Å². The average Bonchev–Trinajstić information content (AvgIpc) is 1.88. The molecular weight excluding hydrogens is 126 g/mol. The maximum absolute atomic E-state index is 9.60. The summed E-state index contributed by atoms with van der Waals surface area (Å²) in [6.45, 7) is 5.66. The Kier molecular flexibility index (Phi) is 2.32.